The number of rotatable bonds is 10. The minimum Gasteiger partial charge on any atom is -0.494 e. The van der Waals surface area contributed by atoms with Crippen LogP contribution in [0.3, 0.4) is 0 Å². The van der Waals surface area contributed by atoms with E-state index in [1.165, 1.54) is 0 Å². The number of unbranched alkanes of at least 4 members (excludes halogenated alkanes) is 1. The van der Waals surface area contributed by atoms with Crippen LogP contribution in [0.25, 0.3) is 0 Å². The van der Waals surface area contributed by atoms with E-state index < -0.39 is 0 Å². The quantitative estimate of drug-likeness (QED) is 0.531. The number of nitrogens with zero attached hydrogens (tertiary/aromatic N) is 1. The molecule has 1 aromatic rings. The topological polar surface area (TPSA) is 50.8 Å². The molecular weight excluding hydrogens is 280 g/mol. The van der Waals surface area contributed by atoms with Crippen LogP contribution in [-0.2, 0) is 16.0 Å². The highest BCUT2D eigenvalue weighted by Gasteiger charge is 2.11. The molecule has 5 nitrogen and oxygen atoms in total. The van der Waals surface area contributed by atoms with Gasteiger partial charge in [-0.3, -0.25) is 10.1 Å². The summed E-state index contributed by atoms with van der Waals surface area (Å²) >= 11 is 0. The predicted molar refractivity (Wildman–Crippen MR) is 88.0 cm³/mol. The lowest BCUT2D eigenvalue weighted by atomic mass is 10.1. The highest BCUT2D eigenvalue weighted by molar-refractivity contribution is 5.77. The highest BCUT2D eigenvalue weighted by atomic mass is 16.5. The lowest BCUT2D eigenvalue weighted by molar-refractivity contribution is -0.128. The first-order valence-corrected chi connectivity index (χ1v) is 7.74. The van der Waals surface area contributed by atoms with Crippen molar-refractivity contribution in [2.24, 2.45) is 0 Å². The molecule has 1 amide bonds. The number of amides is 1. The average molecular weight is 308 g/mol. The summed E-state index contributed by atoms with van der Waals surface area (Å²) in [5.74, 6) is 0.906. The van der Waals surface area contributed by atoms with Gasteiger partial charge in [0, 0.05) is 27.6 Å². The fourth-order valence-corrected chi connectivity index (χ4v) is 1.91. The zero-order valence-electron chi connectivity index (χ0n) is 14.1. The van der Waals surface area contributed by atoms with Gasteiger partial charge in [-0.1, -0.05) is 25.5 Å². The molecule has 0 aliphatic heterocycles. The molecule has 1 aromatic carbocycles. The Hall–Kier alpha value is -1.59. The summed E-state index contributed by atoms with van der Waals surface area (Å²) in [5.41, 5.74) is 1.12. The van der Waals surface area contributed by atoms with Crippen LogP contribution in [0.1, 0.15) is 25.3 Å². The molecule has 1 atom stereocenters. The summed E-state index contributed by atoms with van der Waals surface area (Å²) in [4.78, 5) is 13.2. The van der Waals surface area contributed by atoms with Crippen LogP contribution in [0.4, 0.5) is 0 Å². The van der Waals surface area contributed by atoms with E-state index in [4.69, 9.17) is 9.47 Å². The number of benzene rings is 1. The molecule has 0 aliphatic rings. The van der Waals surface area contributed by atoms with E-state index in [0.717, 1.165) is 30.8 Å². The number of hydrogen-bond donors (Lipinski definition) is 1. The average Bonchev–Trinajstić information content (AvgIpc) is 2.51. The first-order chi connectivity index (χ1) is 10.6. The van der Waals surface area contributed by atoms with Gasteiger partial charge in [-0.15, -0.1) is 0 Å². The van der Waals surface area contributed by atoms with E-state index in [-0.39, 0.29) is 18.7 Å². The van der Waals surface area contributed by atoms with Gasteiger partial charge in [-0.25, -0.2) is 0 Å². The molecule has 124 valence electrons. The number of hydrogen-bond acceptors (Lipinski definition) is 4. The van der Waals surface area contributed by atoms with Gasteiger partial charge in [-0.05, 0) is 24.1 Å². The Morgan fingerprint density at radius 2 is 2.14 bits per heavy atom. The van der Waals surface area contributed by atoms with E-state index >= 15 is 0 Å². The predicted octanol–water partition coefficient (Wildman–Crippen LogP) is 2.06. The van der Waals surface area contributed by atoms with E-state index in [1.807, 2.05) is 24.3 Å². The van der Waals surface area contributed by atoms with Gasteiger partial charge in [0.05, 0.1) is 13.2 Å². The van der Waals surface area contributed by atoms with Crippen LogP contribution in [0.5, 0.6) is 5.75 Å². The second-order valence-corrected chi connectivity index (χ2v) is 5.45. The van der Waals surface area contributed by atoms with Crippen LogP contribution >= 0.6 is 0 Å². The number of nitrogens with one attached hydrogen (secondary N) is 1. The van der Waals surface area contributed by atoms with Crippen molar-refractivity contribution in [1.82, 2.24) is 10.2 Å². The van der Waals surface area contributed by atoms with Gasteiger partial charge in [0.25, 0.3) is 0 Å². The minimum absolute atomic E-state index is 0.0266. The van der Waals surface area contributed by atoms with Crippen molar-refractivity contribution in [1.29, 1.82) is 0 Å². The minimum atomic E-state index is -0.199. The Labute approximate surface area is 133 Å². The summed E-state index contributed by atoms with van der Waals surface area (Å²) < 4.78 is 11.1. The molecule has 22 heavy (non-hydrogen) atoms. The molecule has 5 heteroatoms. The van der Waals surface area contributed by atoms with Crippen LogP contribution in [0.15, 0.2) is 24.3 Å². The van der Waals surface area contributed by atoms with Crippen molar-refractivity contribution in [2.45, 2.75) is 32.4 Å². The van der Waals surface area contributed by atoms with Gasteiger partial charge in [-0.2, -0.15) is 0 Å². The van der Waals surface area contributed by atoms with Crippen molar-refractivity contribution in [3.8, 4) is 5.75 Å². The molecule has 0 radical (unpaired) electrons. The monoisotopic (exact) mass is 308 g/mol. The zero-order valence-corrected chi connectivity index (χ0v) is 14.1. The normalized spacial score (nSPS) is 12.0. The summed E-state index contributed by atoms with van der Waals surface area (Å²) in [6, 6.07) is 8.00. The summed E-state index contributed by atoms with van der Waals surface area (Å²) in [6.45, 7) is 3.14. The number of carbonyl (C=O) groups excluding carboxylic acids is 1. The van der Waals surface area contributed by atoms with E-state index in [0.29, 0.717) is 6.42 Å². The highest BCUT2D eigenvalue weighted by Crippen LogP contribution is 2.15. The maximum Gasteiger partial charge on any atom is 0.236 e. The smallest absolute Gasteiger partial charge is 0.236 e. The van der Waals surface area contributed by atoms with Crippen molar-refractivity contribution >= 4 is 5.91 Å². The largest absolute Gasteiger partial charge is 0.494 e. The summed E-state index contributed by atoms with van der Waals surface area (Å²) in [5, 5.41) is 3.12. The van der Waals surface area contributed by atoms with Crippen molar-refractivity contribution < 1.29 is 14.3 Å². The van der Waals surface area contributed by atoms with Gasteiger partial charge in [0.2, 0.25) is 5.91 Å². The van der Waals surface area contributed by atoms with E-state index in [9.17, 15) is 4.79 Å². The molecule has 1 unspecified atom stereocenters. The van der Waals surface area contributed by atoms with Crippen LogP contribution in [-0.4, -0.2) is 51.4 Å². The Morgan fingerprint density at radius 3 is 2.77 bits per heavy atom. The maximum atomic E-state index is 11.6. The zero-order chi connectivity index (χ0) is 16.4. The Kier molecular flexibility index (Phi) is 8.55. The van der Waals surface area contributed by atoms with Crippen LogP contribution < -0.4 is 10.1 Å². The SMILES string of the molecule is CCCCOc1cccc(CC(NCC(=O)N(C)C)OC)c1. The van der Waals surface area contributed by atoms with Gasteiger partial charge in [0.1, 0.15) is 12.0 Å². The molecule has 0 saturated heterocycles. The first-order valence-electron chi connectivity index (χ1n) is 7.74. The molecule has 0 bridgehead atoms. The third kappa shape index (κ3) is 6.91. The third-order valence-corrected chi connectivity index (χ3v) is 3.35. The number of ether oxygens (including phenoxy) is 2. The van der Waals surface area contributed by atoms with Crippen LogP contribution in [0, 0.1) is 0 Å². The standard InChI is InChI=1S/C17H28N2O3/c1-5-6-10-22-15-9-7-8-14(11-15)12-16(21-4)18-13-17(20)19(2)3/h7-9,11,16,18H,5-6,10,12-13H2,1-4H3. The van der Waals surface area contributed by atoms with Gasteiger partial charge >= 0.3 is 0 Å². The Balaban J connectivity index is 2.52. The van der Waals surface area contributed by atoms with Crippen molar-refractivity contribution in [3.05, 3.63) is 29.8 Å². The number of likely N-dealkylation sites (N-methyl/N-ethyl adjacent to an activating group) is 1. The second kappa shape index (κ2) is 10.2. The summed E-state index contributed by atoms with van der Waals surface area (Å²) in [6.07, 6.45) is 2.66. The lowest BCUT2D eigenvalue weighted by Gasteiger charge is -2.19. The van der Waals surface area contributed by atoms with Gasteiger partial charge < -0.3 is 14.4 Å². The third-order valence-electron chi connectivity index (χ3n) is 3.35. The number of methoxy groups -OCH3 is 1. The molecular formula is C17H28N2O3. The van der Waals surface area contributed by atoms with E-state index in [1.54, 1.807) is 26.1 Å². The van der Waals surface area contributed by atoms with Crippen LogP contribution in [0.2, 0.25) is 0 Å². The molecule has 0 aliphatic carbocycles. The summed E-state index contributed by atoms with van der Waals surface area (Å²) in [7, 11) is 5.12. The molecule has 0 heterocycles. The Bertz CT molecular complexity index is 449. The fraction of sp³-hybridized carbons (Fsp3) is 0.588. The molecule has 0 fully saturated rings. The lowest BCUT2D eigenvalue weighted by Crippen LogP contribution is -2.40. The second-order valence-electron chi connectivity index (χ2n) is 5.45. The maximum absolute atomic E-state index is 11.6. The van der Waals surface area contributed by atoms with Crippen molar-refractivity contribution in [3.63, 3.8) is 0 Å². The Morgan fingerprint density at radius 1 is 1.36 bits per heavy atom. The molecule has 0 saturated carbocycles. The number of carbonyl (C=O) groups is 1. The molecule has 0 spiro atoms. The van der Waals surface area contributed by atoms with Gasteiger partial charge in [0.15, 0.2) is 0 Å². The molecule has 1 N–H and O–H groups in total. The molecule has 0 aromatic heterocycles. The fourth-order valence-electron chi connectivity index (χ4n) is 1.91. The van der Waals surface area contributed by atoms with E-state index in [2.05, 4.69) is 12.2 Å². The molecule has 1 rings (SSSR count). The van der Waals surface area contributed by atoms with Crippen molar-refractivity contribution in [2.75, 3.05) is 34.4 Å². The first kappa shape index (κ1) is 18.5.